The molecule has 37 heavy (non-hydrogen) atoms. The van der Waals surface area contributed by atoms with E-state index in [0.717, 1.165) is 22.8 Å². The number of hydrogen-bond acceptors (Lipinski definition) is 5. The van der Waals surface area contributed by atoms with Crippen LogP contribution in [-0.2, 0) is 25.3 Å². The molecule has 0 spiro atoms. The van der Waals surface area contributed by atoms with Gasteiger partial charge in [-0.2, -0.15) is 0 Å². The van der Waals surface area contributed by atoms with Gasteiger partial charge in [0.25, 0.3) is 11.5 Å². The summed E-state index contributed by atoms with van der Waals surface area (Å²) in [6, 6.07) is 7.89. The molecular weight excluding hydrogens is 486 g/mol. The van der Waals surface area contributed by atoms with Crippen molar-refractivity contribution >= 4 is 22.8 Å². The van der Waals surface area contributed by atoms with Gasteiger partial charge < -0.3 is 15.0 Å². The van der Waals surface area contributed by atoms with Gasteiger partial charge in [0.2, 0.25) is 0 Å². The molecule has 2 aromatic heterocycles. The highest BCUT2D eigenvalue weighted by Gasteiger charge is 2.26. The maximum Gasteiger partial charge on any atom is 0.330 e. The minimum atomic E-state index is -1.53. The number of carboxylic acid groups (broad SMARTS) is 1. The monoisotopic (exact) mass is 508 g/mol. The summed E-state index contributed by atoms with van der Waals surface area (Å²) in [6.07, 6.45) is 1.24. The Kier molecular flexibility index (Phi) is 6.71. The second kappa shape index (κ2) is 9.76. The van der Waals surface area contributed by atoms with Crippen molar-refractivity contribution in [1.29, 1.82) is 0 Å². The van der Waals surface area contributed by atoms with E-state index in [4.69, 9.17) is 0 Å². The lowest BCUT2D eigenvalue weighted by molar-refractivity contribution is -0.139. The van der Waals surface area contributed by atoms with Crippen LogP contribution >= 0.6 is 0 Å². The molecule has 0 aliphatic heterocycles. The predicted molar refractivity (Wildman–Crippen MR) is 131 cm³/mol. The number of halogens is 2. The minimum absolute atomic E-state index is 0.255. The highest BCUT2D eigenvalue weighted by atomic mass is 19.1. The average Bonchev–Trinajstić information content (AvgIpc) is 2.86. The number of carbonyl (C=O) groups is 2. The van der Waals surface area contributed by atoms with Crippen LogP contribution in [0.5, 0.6) is 0 Å². The van der Waals surface area contributed by atoms with Crippen molar-refractivity contribution in [3.63, 3.8) is 0 Å². The van der Waals surface area contributed by atoms with Gasteiger partial charge in [0.15, 0.2) is 0 Å². The van der Waals surface area contributed by atoms with E-state index in [9.17, 15) is 33.1 Å². The lowest BCUT2D eigenvalue weighted by Gasteiger charge is -2.18. The molecular formula is C26H22F2N4O5. The zero-order valence-electron chi connectivity index (χ0n) is 20.1. The molecule has 190 valence electrons. The number of nitrogens with one attached hydrogen (secondary N) is 1. The molecule has 0 saturated heterocycles. The van der Waals surface area contributed by atoms with Gasteiger partial charge in [0, 0.05) is 37.8 Å². The Hall–Kier alpha value is -4.67. The van der Waals surface area contributed by atoms with Crippen LogP contribution in [0.4, 0.5) is 8.78 Å². The number of aromatic nitrogens is 3. The van der Waals surface area contributed by atoms with Crippen molar-refractivity contribution < 1.29 is 23.5 Å². The van der Waals surface area contributed by atoms with Crippen molar-refractivity contribution in [3.05, 3.63) is 98.0 Å². The maximum atomic E-state index is 14.0. The summed E-state index contributed by atoms with van der Waals surface area (Å²) in [7, 11) is 2.93. The number of aliphatic carboxylic acids is 1. The molecule has 1 unspecified atom stereocenters. The van der Waals surface area contributed by atoms with Gasteiger partial charge in [0.05, 0.1) is 11.1 Å². The Morgan fingerprint density at radius 1 is 1.03 bits per heavy atom. The van der Waals surface area contributed by atoms with Gasteiger partial charge in [-0.05, 0) is 36.2 Å². The van der Waals surface area contributed by atoms with E-state index in [1.54, 1.807) is 38.2 Å². The first-order chi connectivity index (χ1) is 17.5. The summed E-state index contributed by atoms with van der Waals surface area (Å²) >= 11 is 0. The first-order valence-corrected chi connectivity index (χ1v) is 11.1. The van der Waals surface area contributed by atoms with E-state index in [-0.39, 0.29) is 12.0 Å². The Morgan fingerprint density at radius 3 is 2.35 bits per heavy atom. The fraction of sp³-hybridized carbons (Fsp3) is 0.192. The molecule has 0 bridgehead atoms. The summed E-state index contributed by atoms with van der Waals surface area (Å²) in [6.45, 7) is 1.64. The van der Waals surface area contributed by atoms with Crippen molar-refractivity contribution in [1.82, 2.24) is 19.4 Å². The molecule has 11 heteroatoms. The van der Waals surface area contributed by atoms with E-state index in [1.807, 2.05) is 0 Å². The number of hydrogen-bond donors (Lipinski definition) is 2. The number of carboxylic acids is 1. The van der Waals surface area contributed by atoms with Gasteiger partial charge in [-0.3, -0.25) is 19.1 Å². The standard InChI is InChI=1S/C26H22F2N4O5/c1-13-20(24(34)32(3)26(37)31(13)2)15-10-9-14(22-16(15)6-5-11-29-22)12-19(25(35)36)30-23(33)21-17(27)7-4-8-18(21)28/h4-11,19H,12H2,1-3H3,(H,30,33)(H,35,36). The molecule has 0 aliphatic rings. The second-order valence-corrected chi connectivity index (χ2v) is 8.50. The van der Waals surface area contributed by atoms with Crippen LogP contribution in [0, 0.1) is 18.6 Å². The molecule has 2 aromatic carbocycles. The third kappa shape index (κ3) is 4.51. The molecule has 1 atom stereocenters. The van der Waals surface area contributed by atoms with E-state index < -0.39 is 46.4 Å². The van der Waals surface area contributed by atoms with Gasteiger partial charge in [0.1, 0.15) is 23.2 Å². The lowest BCUT2D eigenvalue weighted by Crippen LogP contribution is -2.43. The van der Waals surface area contributed by atoms with Crippen molar-refractivity contribution in [2.45, 2.75) is 19.4 Å². The number of fused-ring (bicyclic) bond motifs is 1. The number of amides is 1. The maximum absolute atomic E-state index is 14.0. The zero-order chi connectivity index (χ0) is 27.0. The number of rotatable bonds is 6. The van der Waals surface area contributed by atoms with Gasteiger partial charge in [-0.25, -0.2) is 18.4 Å². The summed E-state index contributed by atoms with van der Waals surface area (Å²) in [4.78, 5) is 54.2. The Morgan fingerprint density at radius 2 is 1.70 bits per heavy atom. The lowest BCUT2D eigenvalue weighted by atomic mass is 9.95. The Balaban J connectivity index is 1.79. The largest absolute Gasteiger partial charge is 0.480 e. The third-order valence-corrected chi connectivity index (χ3v) is 6.30. The summed E-state index contributed by atoms with van der Waals surface area (Å²) in [5.74, 6) is -4.86. The summed E-state index contributed by atoms with van der Waals surface area (Å²) in [5.41, 5.74) is 0.143. The third-order valence-electron chi connectivity index (χ3n) is 6.30. The molecule has 2 N–H and O–H groups in total. The Labute approximate surface area is 208 Å². The number of nitrogens with zero attached hydrogens (tertiary/aromatic N) is 3. The molecule has 4 rings (SSSR count). The summed E-state index contributed by atoms with van der Waals surface area (Å²) < 4.78 is 30.4. The molecule has 0 radical (unpaired) electrons. The highest BCUT2D eigenvalue weighted by Crippen LogP contribution is 2.30. The molecule has 2 heterocycles. The van der Waals surface area contributed by atoms with Crippen LogP contribution in [-0.4, -0.2) is 37.1 Å². The molecule has 0 aliphatic carbocycles. The fourth-order valence-corrected chi connectivity index (χ4v) is 4.23. The van der Waals surface area contributed by atoms with Crippen molar-refractivity contribution in [3.8, 4) is 11.1 Å². The van der Waals surface area contributed by atoms with Crippen LogP contribution in [0.25, 0.3) is 22.0 Å². The molecule has 1 amide bonds. The molecule has 0 fully saturated rings. The van der Waals surface area contributed by atoms with Gasteiger partial charge in [-0.1, -0.05) is 24.3 Å². The Bertz CT molecular complexity index is 1670. The van der Waals surface area contributed by atoms with Crippen LogP contribution in [0.2, 0.25) is 0 Å². The smallest absolute Gasteiger partial charge is 0.330 e. The van der Waals surface area contributed by atoms with Crippen molar-refractivity contribution in [2.24, 2.45) is 14.1 Å². The SMILES string of the molecule is Cc1c(-c2ccc(CC(NC(=O)c3c(F)cccc3F)C(=O)O)c3ncccc23)c(=O)n(C)c(=O)n1C. The minimum Gasteiger partial charge on any atom is -0.480 e. The fourth-order valence-electron chi connectivity index (χ4n) is 4.23. The van der Waals surface area contributed by atoms with Crippen molar-refractivity contribution in [2.75, 3.05) is 0 Å². The van der Waals surface area contributed by atoms with E-state index >= 15 is 0 Å². The zero-order valence-corrected chi connectivity index (χ0v) is 20.1. The number of pyridine rings is 1. The van der Waals surface area contributed by atoms with Crippen LogP contribution in [0.15, 0.2) is 58.3 Å². The van der Waals surface area contributed by atoms with Crippen LogP contribution < -0.4 is 16.6 Å². The first kappa shape index (κ1) is 25.4. The second-order valence-electron chi connectivity index (χ2n) is 8.50. The van der Waals surface area contributed by atoms with E-state index in [2.05, 4.69) is 10.3 Å². The normalized spacial score (nSPS) is 11.9. The quantitative estimate of drug-likeness (QED) is 0.412. The number of benzene rings is 2. The van der Waals surface area contributed by atoms with E-state index in [1.165, 1.54) is 17.8 Å². The first-order valence-electron chi connectivity index (χ1n) is 11.1. The van der Waals surface area contributed by atoms with Gasteiger partial charge >= 0.3 is 11.7 Å². The van der Waals surface area contributed by atoms with E-state index in [0.29, 0.717) is 27.7 Å². The van der Waals surface area contributed by atoms with Crippen LogP contribution in [0.1, 0.15) is 21.6 Å². The average molecular weight is 508 g/mol. The van der Waals surface area contributed by atoms with Gasteiger partial charge in [-0.15, -0.1) is 0 Å². The highest BCUT2D eigenvalue weighted by molar-refractivity contribution is 5.98. The summed E-state index contributed by atoms with van der Waals surface area (Å²) in [5, 5.41) is 12.4. The predicted octanol–water partition coefficient (Wildman–Crippen LogP) is 2.31. The van der Waals surface area contributed by atoms with Crippen LogP contribution in [0.3, 0.4) is 0 Å². The molecule has 4 aromatic rings. The topological polar surface area (TPSA) is 123 Å². The molecule has 0 saturated carbocycles. The number of carbonyl (C=O) groups excluding carboxylic acids is 1. The molecule has 9 nitrogen and oxygen atoms in total.